The number of ether oxygens (including phenoxy) is 2. The van der Waals surface area contributed by atoms with Gasteiger partial charge < -0.3 is 14.4 Å². The third-order valence-electron chi connectivity index (χ3n) is 5.64. The van der Waals surface area contributed by atoms with Crippen LogP contribution in [0.15, 0.2) is 42.5 Å². The maximum absolute atomic E-state index is 13.0. The number of likely N-dealkylation sites (N-methyl/N-ethyl adjacent to an activating group) is 1. The summed E-state index contributed by atoms with van der Waals surface area (Å²) in [6.45, 7) is 1.82. The van der Waals surface area contributed by atoms with Crippen molar-refractivity contribution < 1.29 is 14.3 Å². The van der Waals surface area contributed by atoms with Crippen molar-refractivity contribution >= 4 is 27.5 Å². The zero-order valence-corrected chi connectivity index (χ0v) is 18.4. The van der Waals surface area contributed by atoms with Gasteiger partial charge in [0.05, 0.1) is 37.5 Å². The normalized spacial score (nSPS) is 16.7. The fourth-order valence-corrected chi connectivity index (χ4v) is 5.06. The van der Waals surface area contributed by atoms with Crippen LogP contribution in [0.25, 0.3) is 10.2 Å². The molecule has 0 radical (unpaired) electrons. The predicted molar refractivity (Wildman–Crippen MR) is 119 cm³/mol. The SMILES string of the molecule is COc1ccc([C@@H]2CCCN2CC(=O)N(C)Cc2nc3ccccc3s2)c(OC)c1. The van der Waals surface area contributed by atoms with Crippen molar-refractivity contribution in [3.63, 3.8) is 0 Å². The summed E-state index contributed by atoms with van der Waals surface area (Å²) in [6.07, 6.45) is 2.08. The molecule has 1 saturated heterocycles. The third kappa shape index (κ3) is 4.27. The highest BCUT2D eigenvalue weighted by molar-refractivity contribution is 7.18. The Hall–Kier alpha value is -2.64. The van der Waals surface area contributed by atoms with Gasteiger partial charge in [-0.2, -0.15) is 0 Å². The average molecular weight is 426 g/mol. The largest absolute Gasteiger partial charge is 0.497 e. The smallest absolute Gasteiger partial charge is 0.236 e. The van der Waals surface area contributed by atoms with E-state index in [1.165, 1.54) is 0 Å². The third-order valence-corrected chi connectivity index (χ3v) is 6.66. The van der Waals surface area contributed by atoms with Crippen LogP contribution in [-0.4, -0.2) is 55.0 Å². The molecule has 0 bridgehead atoms. The molecule has 7 heteroatoms. The van der Waals surface area contributed by atoms with Gasteiger partial charge in [0.15, 0.2) is 0 Å². The molecular weight excluding hydrogens is 398 g/mol. The van der Waals surface area contributed by atoms with Gasteiger partial charge in [0.2, 0.25) is 5.91 Å². The second-order valence-corrected chi connectivity index (χ2v) is 8.68. The number of benzene rings is 2. The molecule has 6 nitrogen and oxygen atoms in total. The Morgan fingerprint density at radius 3 is 2.83 bits per heavy atom. The van der Waals surface area contributed by atoms with Gasteiger partial charge in [0.25, 0.3) is 0 Å². The molecule has 0 N–H and O–H groups in total. The summed E-state index contributed by atoms with van der Waals surface area (Å²) < 4.78 is 12.1. The molecule has 2 aromatic carbocycles. The number of fused-ring (bicyclic) bond motifs is 1. The number of carbonyl (C=O) groups is 1. The number of amides is 1. The number of para-hydroxylation sites is 1. The van der Waals surface area contributed by atoms with Crippen LogP contribution in [0.5, 0.6) is 11.5 Å². The lowest BCUT2D eigenvalue weighted by Crippen LogP contribution is -2.37. The molecule has 0 unspecified atom stereocenters. The average Bonchev–Trinajstić information content (AvgIpc) is 3.39. The first kappa shape index (κ1) is 20.6. The molecule has 0 saturated carbocycles. The van der Waals surface area contributed by atoms with Gasteiger partial charge in [-0.05, 0) is 37.6 Å². The first-order chi connectivity index (χ1) is 14.6. The second-order valence-electron chi connectivity index (χ2n) is 7.56. The van der Waals surface area contributed by atoms with Gasteiger partial charge in [-0.15, -0.1) is 11.3 Å². The van der Waals surface area contributed by atoms with Gasteiger partial charge in [-0.25, -0.2) is 4.98 Å². The van der Waals surface area contributed by atoms with Crippen molar-refractivity contribution in [1.29, 1.82) is 0 Å². The van der Waals surface area contributed by atoms with E-state index < -0.39 is 0 Å². The van der Waals surface area contributed by atoms with E-state index in [-0.39, 0.29) is 11.9 Å². The van der Waals surface area contributed by atoms with E-state index in [4.69, 9.17) is 9.47 Å². The molecule has 30 heavy (non-hydrogen) atoms. The van der Waals surface area contributed by atoms with Crippen molar-refractivity contribution in [2.24, 2.45) is 0 Å². The van der Waals surface area contributed by atoms with E-state index >= 15 is 0 Å². The lowest BCUT2D eigenvalue weighted by atomic mass is 10.0. The molecule has 2 heterocycles. The zero-order valence-electron chi connectivity index (χ0n) is 17.6. The number of nitrogens with zero attached hydrogens (tertiary/aromatic N) is 3. The van der Waals surface area contributed by atoms with Gasteiger partial charge in [-0.1, -0.05) is 18.2 Å². The monoisotopic (exact) mass is 425 g/mol. The number of carbonyl (C=O) groups excluding carboxylic acids is 1. The maximum atomic E-state index is 13.0. The second kappa shape index (κ2) is 9.02. The standard InChI is InChI=1S/C23H27N3O3S/c1-25(14-22-24-18-7-4-5-9-21(18)30-22)23(27)15-26-12-6-8-19(26)17-11-10-16(28-2)13-20(17)29-3/h4-5,7,9-11,13,19H,6,8,12,14-15H2,1-3H3/t19-/m0/s1. The van der Waals surface area contributed by atoms with Crippen LogP contribution in [0.4, 0.5) is 0 Å². The van der Waals surface area contributed by atoms with Crippen LogP contribution in [0.2, 0.25) is 0 Å². The lowest BCUT2D eigenvalue weighted by Gasteiger charge is -2.27. The van der Waals surface area contributed by atoms with Crippen LogP contribution >= 0.6 is 11.3 Å². The number of rotatable bonds is 7. The molecule has 1 atom stereocenters. The van der Waals surface area contributed by atoms with Gasteiger partial charge in [0.1, 0.15) is 16.5 Å². The molecule has 1 aliphatic rings. The molecule has 1 amide bonds. The molecule has 158 valence electrons. The van der Waals surface area contributed by atoms with E-state index in [0.717, 1.165) is 51.7 Å². The summed E-state index contributed by atoms with van der Waals surface area (Å²) in [5.41, 5.74) is 2.10. The molecule has 3 aromatic rings. The van der Waals surface area contributed by atoms with Crippen molar-refractivity contribution in [2.75, 3.05) is 34.4 Å². The number of aromatic nitrogens is 1. The summed E-state index contributed by atoms with van der Waals surface area (Å²) in [5, 5.41) is 0.960. The Morgan fingerprint density at radius 1 is 1.23 bits per heavy atom. The number of methoxy groups -OCH3 is 2. The Balaban J connectivity index is 1.44. The Morgan fingerprint density at radius 2 is 2.07 bits per heavy atom. The molecular formula is C23H27N3O3S. The molecule has 0 aliphatic carbocycles. The Bertz CT molecular complexity index is 1000. The maximum Gasteiger partial charge on any atom is 0.236 e. The summed E-state index contributed by atoms with van der Waals surface area (Å²) in [4.78, 5) is 21.6. The molecule has 1 fully saturated rings. The van der Waals surface area contributed by atoms with Crippen molar-refractivity contribution in [1.82, 2.24) is 14.8 Å². The molecule has 0 spiro atoms. The topological polar surface area (TPSA) is 54.9 Å². The predicted octanol–water partition coefficient (Wildman–Crippen LogP) is 4.11. The number of hydrogen-bond acceptors (Lipinski definition) is 6. The summed E-state index contributed by atoms with van der Waals surface area (Å²) in [5.74, 6) is 1.68. The van der Waals surface area contributed by atoms with Crippen LogP contribution in [0.3, 0.4) is 0 Å². The van der Waals surface area contributed by atoms with Gasteiger partial charge in [-0.3, -0.25) is 9.69 Å². The van der Waals surface area contributed by atoms with E-state index in [1.54, 1.807) is 30.5 Å². The Labute approximate surface area is 181 Å². The highest BCUT2D eigenvalue weighted by Gasteiger charge is 2.30. The van der Waals surface area contributed by atoms with Crippen LogP contribution in [0.1, 0.15) is 29.5 Å². The van der Waals surface area contributed by atoms with E-state index in [1.807, 2.05) is 37.4 Å². The van der Waals surface area contributed by atoms with Gasteiger partial charge in [0, 0.05) is 24.7 Å². The van der Waals surface area contributed by atoms with E-state index in [2.05, 4.69) is 22.0 Å². The minimum Gasteiger partial charge on any atom is -0.497 e. The zero-order chi connectivity index (χ0) is 21.1. The van der Waals surface area contributed by atoms with E-state index in [9.17, 15) is 4.79 Å². The fourth-order valence-electron chi connectivity index (χ4n) is 4.03. The fraction of sp³-hybridized carbons (Fsp3) is 0.391. The van der Waals surface area contributed by atoms with Crippen LogP contribution < -0.4 is 9.47 Å². The highest BCUT2D eigenvalue weighted by Crippen LogP contribution is 2.38. The minimum absolute atomic E-state index is 0.105. The van der Waals surface area contributed by atoms with Crippen LogP contribution in [-0.2, 0) is 11.3 Å². The quantitative estimate of drug-likeness (QED) is 0.570. The van der Waals surface area contributed by atoms with Crippen LogP contribution in [0, 0.1) is 0 Å². The summed E-state index contributed by atoms with van der Waals surface area (Å²) >= 11 is 1.64. The summed E-state index contributed by atoms with van der Waals surface area (Å²) in [6, 6.07) is 14.2. The number of hydrogen-bond donors (Lipinski definition) is 0. The number of likely N-dealkylation sites (tertiary alicyclic amines) is 1. The molecule has 1 aromatic heterocycles. The first-order valence-electron chi connectivity index (χ1n) is 10.1. The van der Waals surface area contributed by atoms with Gasteiger partial charge >= 0.3 is 0 Å². The molecule has 4 rings (SSSR count). The van der Waals surface area contributed by atoms with Crippen molar-refractivity contribution in [3.8, 4) is 11.5 Å². The summed E-state index contributed by atoms with van der Waals surface area (Å²) in [7, 11) is 5.18. The Kier molecular flexibility index (Phi) is 6.20. The lowest BCUT2D eigenvalue weighted by molar-refractivity contribution is -0.131. The highest BCUT2D eigenvalue weighted by atomic mass is 32.1. The molecule has 1 aliphatic heterocycles. The van der Waals surface area contributed by atoms with Crippen molar-refractivity contribution in [2.45, 2.75) is 25.4 Å². The van der Waals surface area contributed by atoms with Crippen molar-refractivity contribution in [3.05, 3.63) is 53.0 Å². The van der Waals surface area contributed by atoms with E-state index in [0.29, 0.717) is 13.1 Å². The first-order valence-corrected chi connectivity index (χ1v) is 10.9. The number of thiazole rings is 1. The minimum atomic E-state index is 0.105.